The highest BCUT2D eigenvalue weighted by Crippen LogP contribution is 2.48. The molecule has 0 aromatic heterocycles. The average Bonchev–Trinajstić information content (AvgIpc) is 2.80. The Morgan fingerprint density at radius 3 is 2.52 bits per heavy atom. The maximum atomic E-state index is 9.13. The molecule has 2 aromatic carbocycles. The highest BCUT2D eigenvalue weighted by molar-refractivity contribution is 7.99. The van der Waals surface area contributed by atoms with Crippen molar-refractivity contribution in [3.63, 3.8) is 0 Å². The molecule has 0 unspecified atom stereocenters. The van der Waals surface area contributed by atoms with Gasteiger partial charge in [-0.3, -0.25) is 0 Å². The number of aliphatic imine (C=N–C) groups is 1. The van der Waals surface area contributed by atoms with E-state index in [9.17, 15) is 0 Å². The van der Waals surface area contributed by atoms with Crippen LogP contribution in [0.1, 0.15) is 51.0 Å². The number of nitrogens with two attached hydrogens (primary N) is 1. The summed E-state index contributed by atoms with van der Waals surface area (Å²) in [5.41, 5.74) is 8.60. The number of nitriles is 2. The first kappa shape index (κ1) is 22.5. The molecule has 0 aliphatic carbocycles. The zero-order valence-electron chi connectivity index (χ0n) is 17.8. The Morgan fingerprint density at radius 2 is 1.74 bits per heavy atom. The number of para-hydroxylation sites is 1. The van der Waals surface area contributed by atoms with Crippen LogP contribution in [0.4, 0.5) is 11.4 Å². The molecule has 5 nitrogen and oxygen atoms in total. The van der Waals surface area contributed by atoms with E-state index in [0.29, 0.717) is 0 Å². The summed E-state index contributed by atoms with van der Waals surface area (Å²) in [6, 6.07) is 18.3. The molecule has 0 radical (unpaired) electrons. The molecule has 0 saturated heterocycles. The molecular formula is C25H27N5S. The number of rotatable bonds is 9. The van der Waals surface area contributed by atoms with Crippen molar-refractivity contribution in [2.24, 2.45) is 10.7 Å². The summed E-state index contributed by atoms with van der Waals surface area (Å²) in [5, 5.41) is 18.0. The average molecular weight is 430 g/mol. The smallest absolute Gasteiger partial charge is 0.174 e. The highest BCUT2D eigenvalue weighted by Gasteiger charge is 2.22. The van der Waals surface area contributed by atoms with Crippen molar-refractivity contribution in [1.29, 1.82) is 10.5 Å². The predicted octanol–water partition coefficient (Wildman–Crippen LogP) is 6.29. The van der Waals surface area contributed by atoms with Gasteiger partial charge in [-0.05, 0) is 36.2 Å². The summed E-state index contributed by atoms with van der Waals surface area (Å²) in [6.07, 6.45) is 9.19. The second kappa shape index (κ2) is 11.2. The fraction of sp³-hybridized carbons (Fsp3) is 0.320. The third-order valence-corrected chi connectivity index (χ3v) is 6.32. The molecule has 158 valence electrons. The minimum Gasteiger partial charge on any atom is -0.388 e. The lowest BCUT2D eigenvalue weighted by molar-refractivity contribution is 0.608. The van der Waals surface area contributed by atoms with Crippen LogP contribution >= 0.6 is 11.8 Å². The zero-order chi connectivity index (χ0) is 22.1. The lowest BCUT2D eigenvalue weighted by atomic mass is 10.1. The molecule has 0 fully saturated rings. The van der Waals surface area contributed by atoms with Crippen LogP contribution in [-0.4, -0.2) is 12.8 Å². The maximum absolute atomic E-state index is 9.13. The van der Waals surface area contributed by atoms with Gasteiger partial charge in [0.2, 0.25) is 0 Å². The van der Waals surface area contributed by atoms with Gasteiger partial charge in [0.1, 0.15) is 17.8 Å². The Hall–Kier alpha value is -3.22. The topological polar surface area (TPSA) is 89.2 Å². The van der Waals surface area contributed by atoms with Gasteiger partial charge in [0.15, 0.2) is 5.70 Å². The van der Waals surface area contributed by atoms with Gasteiger partial charge in [-0.25, -0.2) is 4.99 Å². The van der Waals surface area contributed by atoms with E-state index >= 15 is 0 Å². The van der Waals surface area contributed by atoms with Crippen LogP contribution in [0.2, 0.25) is 0 Å². The fourth-order valence-corrected chi connectivity index (χ4v) is 4.72. The zero-order valence-corrected chi connectivity index (χ0v) is 18.7. The Balaban J connectivity index is 1.81. The van der Waals surface area contributed by atoms with Crippen LogP contribution < -0.4 is 10.6 Å². The van der Waals surface area contributed by atoms with Gasteiger partial charge < -0.3 is 10.6 Å². The number of anilines is 2. The van der Waals surface area contributed by atoms with Crippen molar-refractivity contribution >= 4 is 29.4 Å². The van der Waals surface area contributed by atoms with E-state index in [2.05, 4.69) is 53.2 Å². The van der Waals surface area contributed by atoms with Crippen molar-refractivity contribution in [2.75, 3.05) is 11.4 Å². The molecule has 0 bridgehead atoms. The van der Waals surface area contributed by atoms with Crippen LogP contribution in [0.3, 0.4) is 0 Å². The summed E-state index contributed by atoms with van der Waals surface area (Å²) < 4.78 is 0. The number of hydrogen-bond acceptors (Lipinski definition) is 6. The van der Waals surface area contributed by atoms with Gasteiger partial charge in [-0.1, -0.05) is 69.0 Å². The number of hydrogen-bond donors (Lipinski definition) is 1. The largest absolute Gasteiger partial charge is 0.388 e. The minimum absolute atomic E-state index is 0.0667. The number of unbranched alkanes of at least 4 members (excludes halogenated alkanes) is 5. The Kier molecular flexibility index (Phi) is 8.15. The van der Waals surface area contributed by atoms with E-state index in [4.69, 9.17) is 16.3 Å². The van der Waals surface area contributed by atoms with E-state index < -0.39 is 0 Å². The van der Waals surface area contributed by atoms with Crippen molar-refractivity contribution in [3.05, 3.63) is 59.4 Å². The maximum Gasteiger partial charge on any atom is 0.174 e. The molecule has 6 heteroatoms. The van der Waals surface area contributed by atoms with Crippen LogP contribution in [0.25, 0.3) is 0 Å². The Morgan fingerprint density at radius 1 is 1.00 bits per heavy atom. The van der Waals surface area contributed by atoms with Crippen LogP contribution in [0.15, 0.2) is 68.6 Å². The molecule has 2 aromatic rings. The number of benzene rings is 2. The molecule has 2 N–H and O–H groups in total. The van der Waals surface area contributed by atoms with Gasteiger partial charge in [0.25, 0.3) is 0 Å². The minimum atomic E-state index is -0.176. The molecular weight excluding hydrogens is 402 g/mol. The van der Waals surface area contributed by atoms with Gasteiger partial charge in [0, 0.05) is 22.6 Å². The number of allylic oxidation sites excluding steroid dienone is 2. The summed E-state index contributed by atoms with van der Waals surface area (Å²) in [7, 11) is 0. The van der Waals surface area contributed by atoms with E-state index in [1.807, 2.05) is 12.1 Å². The van der Waals surface area contributed by atoms with Crippen molar-refractivity contribution in [2.45, 2.75) is 55.2 Å². The Labute approximate surface area is 188 Å². The van der Waals surface area contributed by atoms with Crippen molar-refractivity contribution in [1.82, 2.24) is 0 Å². The molecule has 0 saturated carbocycles. The first-order valence-electron chi connectivity index (χ1n) is 10.7. The predicted molar refractivity (Wildman–Crippen MR) is 127 cm³/mol. The van der Waals surface area contributed by atoms with Crippen LogP contribution in [-0.2, 0) is 0 Å². The van der Waals surface area contributed by atoms with E-state index in [-0.39, 0.29) is 11.4 Å². The Bertz CT molecular complexity index is 1060. The molecule has 1 aliphatic rings. The molecule has 0 amide bonds. The fourth-order valence-electron chi connectivity index (χ4n) is 3.57. The van der Waals surface area contributed by atoms with Crippen molar-refractivity contribution < 1.29 is 0 Å². The van der Waals surface area contributed by atoms with Crippen LogP contribution in [0, 0.1) is 22.7 Å². The molecule has 0 spiro atoms. The van der Waals surface area contributed by atoms with Gasteiger partial charge in [-0.15, -0.1) is 0 Å². The number of fused-ring (bicyclic) bond motifs is 2. The van der Waals surface area contributed by atoms with Gasteiger partial charge in [0.05, 0.1) is 11.4 Å². The van der Waals surface area contributed by atoms with Crippen LogP contribution in [0.5, 0.6) is 0 Å². The number of nitrogens with zero attached hydrogens (tertiary/aromatic N) is 4. The third-order valence-electron chi connectivity index (χ3n) is 5.21. The second-order valence-electron chi connectivity index (χ2n) is 7.46. The first-order chi connectivity index (χ1) is 15.2. The lowest BCUT2D eigenvalue weighted by Crippen LogP contribution is -2.22. The van der Waals surface area contributed by atoms with Gasteiger partial charge in [-0.2, -0.15) is 10.5 Å². The standard InChI is InChI=1S/C25H27N5S/c1-2-3-4-5-6-9-14-30-22-10-7-8-11-24(22)31-25-15-19(12-13-23(25)30)18-29-21(17-27)20(28)16-26/h7-8,10-13,15,18H,2-6,9,14,28H2,1H3/b21-20-,29-18?. The van der Waals surface area contributed by atoms with E-state index in [1.54, 1.807) is 24.0 Å². The molecule has 31 heavy (non-hydrogen) atoms. The van der Waals surface area contributed by atoms with Gasteiger partial charge >= 0.3 is 0 Å². The third kappa shape index (κ3) is 5.69. The first-order valence-corrected chi connectivity index (χ1v) is 11.5. The molecule has 1 aliphatic heterocycles. The lowest BCUT2D eigenvalue weighted by Gasteiger charge is -2.33. The molecule has 3 rings (SSSR count). The van der Waals surface area contributed by atoms with Crippen molar-refractivity contribution in [3.8, 4) is 12.1 Å². The van der Waals surface area contributed by atoms with E-state index in [0.717, 1.165) is 23.4 Å². The summed E-state index contributed by atoms with van der Waals surface area (Å²) >= 11 is 1.74. The monoisotopic (exact) mass is 429 g/mol. The SMILES string of the molecule is CCCCCCCCN1c2ccccc2Sc2cc(C=N/C(C#N)=C(\N)C#N)ccc21. The summed E-state index contributed by atoms with van der Waals surface area (Å²) in [5.74, 6) is 0. The van der Waals surface area contributed by atoms with E-state index in [1.165, 1.54) is 48.4 Å². The quantitative estimate of drug-likeness (QED) is 0.287. The highest BCUT2D eigenvalue weighted by atomic mass is 32.2. The normalized spacial score (nSPS) is 13.2. The summed E-state index contributed by atoms with van der Waals surface area (Å²) in [4.78, 5) is 8.91. The molecule has 0 atom stereocenters. The second-order valence-corrected chi connectivity index (χ2v) is 8.54. The molecule has 1 heterocycles. The summed E-state index contributed by atoms with van der Waals surface area (Å²) in [6.45, 7) is 3.23.